The van der Waals surface area contributed by atoms with Crippen LogP contribution in [0.15, 0.2) is 30.3 Å². The minimum atomic E-state index is -0.342. The SMILES string of the molecule is Cc1nc(C2CCCCN2CC(=O)NC(C)(C)Cc2ccccc2)nc2c1CCC(=O)N2C. The van der Waals surface area contributed by atoms with E-state index in [2.05, 4.69) is 36.2 Å². The number of aromatic nitrogens is 2. The van der Waals surface area contributed by atoms with E-state index in [4.69, 9.17) is 9.97 Å². The highest BCUT2D eigenvalue weighted by Crippen LogP contribution is 2.33. The first-order valence-electron chi connectivity index (χ1n) is 12.0. The lowest BCUT2D eigenvalue weighted by Gasteiger charge is -2.36. The summed E-state index contributed by atoms with van der Waals surface area (Å²) in [5.41, 5.74) is 2.86. The Kier molecular flexibility index (Phi) is 6.79. The molecule has 0 saturated carbocycles. The molecule has 1 aromatic heterocycles. The first kappa shape index (κ1) is 23.4. The Labute approximate surface area is 196 Å². The zero-order valence-electron chi connectivity index (χ0n) is 20.2. The van der Waals surface area contributed by atoms with Gasteiger partial charge in [0.25, 0.3) is 0 Å². The number of piperidine rings is 1. The molecule has 0 spiro atoms. The van der Waals surface area contributed by atoms with Gasteiger partial charge in [-0.15, -0.1) is 0 Å². The second kappa shape index (κ2) is 9.59. The van der Waals surface area contributed by atoms with Crippen LogP contribution in [0.4, 0.5) is 5.82 Å². The Balaban J connectivity index is 1.48. The third-order valence-electron chi connectivity index (χ3n) is 6.72. The summed E-state index contributed by atoms with van der Waals surface area (Å²) < 4.78 is 0. The maximum Gasteiger partial charge on any atom is 0.234 e. The molecular formula is C26H35N5O2. The molecule has 2 aromatic rings. The van der Waals surface area contributed by atoms with Crippen LogP contribution in [0.3, 0.4) is 0 Å². The minimum absolute atomic E-state index is 0.0174. The predicted molar refractivity (Wildman–Crippen MR) is 129 cm³/mol. The Bertz CT molecular complexity index is 1020. The van der Waals surface area contributed by atoms with Crippen LogP contribution in [0.5, 0.6) is 0 Å². The molecule has 2 amide bonds. The van der Waals surface area contributed by atoms with Gasteiger partial charge in [-0.25, -0.2) is 9.97 Å². The van der Waals surface area contributed by atoms with Crippen molar-refractivity contribution in [2.45, 2.75) is 70.9 Å². The summed E-state index contributed by atoms with van der Waals surface area (Å²) in [4.78, 5) is 38.8. The molecule has 1 N–H and O–H groups in total. The largest absolute Gasteiger partial charge is 0.350 e. The van der Waals surface area contributed by atoms with Crippen molar-refractivity contribution in [2.24, 2.45) is 0 Å². The summed E-state index contributed by atoms with van der Waals surface area (Å²) in [5.74, 6) is 1.56. The monoisotopic (exact) mass is 449 g/mol. The highest BCUT2D eigenvalue weighted by molar-refractivity contribution is 5.94. The average molecular weight is 450 g/mol. The van der Waals surface area contributed by atoms with Gasteiger partial charge < -0.3 is 5.32 Å². The van der Waals surface area contributed by atoms with Gasteiger partial charge in [0.1, 0.15) is 11.6 Å². The van der Waals surface area contributed by atoms with Crippen molar-refractivity contribution in [2.75, 3.05) is 25.0 Å². The van der Waals surface area contributed by atoms with Crippen LogP contribution < -0.4 is 10.2 Å². The molecular weight excluding hydrogens is 414 g/mol. The molecule has 0 bridgehead atoms. The van der Waals surface area contributed by atoms with E-state index in [9.17, 15) is 9.59 Å². The number of likely N-dealkylation sites (tertiary alicyclic amines) is 1. The predicted octanol–water partition coefficient (Wildman–Crippen LogP) is 3.36. The zero-order chi connectivity index (χ0) is 23.6. The third-order valence-corrected chi connectivity index (χ3v) is 6.72. The number of anilines is 1. The van der Waals surface area contributed by atoms with E-state index in [1.165, 1.54) is 5.56 Å². The molecule has 176 valence electrons. The van der Waals surface area contributed by atoms with Crippen molar-refractivity contribution in [3.8, 4) is 0 Å². The molecule has 1 atom stereocenters. The number of carbonyl (C=O) groups excluding carboxylic acids is 2. The lowest BCUT2D eigenvalue weighted by atomic mass is 9.94. The Hall–Kier alpha value is -2.80. The van der Waals surface area contributed by atoms with Crippen LogP contribution in [-0.2, 0) is 22.4 Å². The fourth-order valence-corrected chi connectivity index (χ4v) is 5.06. The maximum atomic E-state index is 13.0. The summed E-state index contributed by atoms with van der Waals surface area (Å²) >= 11 is 0. The smallest absolute Gasteiger partial charge is 0.234 e. The van der Waals surface area contributed by atoms with Crippen LogP contribution >= 0.6 is 0 Å². The molecule has 2 aliphatic heterocycles. The molecule has 1 unspecified atom stereocenters. The summed E-state index contributed by atoms with van der Waals surface area (Å²) in [6.07, 6.45) is 5.02. The average Bonchev–Trinajstić information content (AvgIpc) is 2.76. The number of hydrogen-bond donors (Lipinski definition) is 1. The second-order valence-corrected chi connectivity index (χ2v) is 10.00. The third kappa shape index (κ3) is 5.41. The quantitative estimate of drug-likeness (QED) is 0.732. The zero-order valence-corrected chi connectivity index (χ0v) is 20.2. The van der Waals surface area contributed by atoms with Crippen LogP contribution in [0.25, 0.3) is 0 Å². The van der Waals surface area contributed by atoms with Crippen molar-refractivity contribution < 1.29 is 9.59 Å². The van der Waals surface area contributed by atoms with Crippen molar-refractivity contribution in [1.29, 1.82) is 0 Å². The van der Waals surface area contributed by atoms with Gasteiger partial charge in [-0.2, -0.15) is 0 Å². The number of fused-ring (bicyclic) bond motifs is 1. The topological polar surface area (TPSA) is 78.4 Å². The van der Waals surface area contributed by atoms with Crippen LogP contribution in [0.1, 0.15) is 68.2 Å². The molecule has 3 heterocycles. The highest BCUT2D eigenvalue weighted by Gasteiger charge is 2.32. The number of rotatable bonds is 6. The summed E-state index contributed by atoms with van der Waals surface area (Å²) in [6, 6.07) is 10.2. The summed E-state index contributed by atoms with van der Waals surface area (Å²) in [6.45, 7) is 7.28. The van der Waals surface area contributed by atoms with Gasteiger partial charge in [0.05, 0.1) is 12.6 Å². The van der Waals surface area contributed by atoms with Crippen LogP contribution in [0, 0.1) is 6.92 Å². The van der Waals surface area contributed by atoms with Gasteiger partial charge in [0.15, 0.2) is 0 Å². The fraction of sp³-hybridized carbons (Fsp3) is 0.538. The molecule has 1 saturated heterocycles. The van der Waals surface area contributed by atoms with E-state index in [1.807, 2.05) is 25.1 Å². The number of carbonyl (C=O) groups is 2. The molecule has 4 rings (SSSR count). The molecule has 2 aliphatic rings. The summed E-state index contributed by atoms with van der Waals surface area (Å²) in [7, 11) is 1.79. The van der Waals surface area contributed by atoms with Crippen molar-refractivity contribution in [1.82, 2.24) is 20.2 Å². The van der Waals surface area contributed by atoms with Crippen molar-refractivity contribution in [3.05, 3.63) is 53.0 Å². The van der Waals surface area contributed by atoms with E-state index in [0.29, 0.717) is 19.4 Å². The molecule has 0 aliphatic carbocycles. The molecule has 0 radical (unpaired) electrons. The number of benzene rings is 1. The Morgan fingerprint density at radius 2 is 1.91 bits per heavy atom. The van der Waals surface area contributed by atoms with Gasteiger partial charge in [-0.1, -0.05) is 36.8 Å². The van der Waals surface area contributed by atoms with Crippen molar-refractivity contribution in [3.63, 3.8) is 0 Å². The van der Waals surface area contributed by atoms with E-state index >= 15 is 0 Å². The number of aryl methyl sites for hydroxylation is 1. The first-order chi connectivity index (χ1) is 15.7. The van der Waals surface area contributed by atoms with Gasteiger partial charge in [-0.3, -0.25) is 19.4 Å². The Morgan fingerprint density at radius 1 is 1.15 bits per heavy atom. The maximum absolute atomic E-state index is 13.0. The van der Waals surface area contributed by atoms with E-state index in [0.717, 1.165) is 55.1 Å². The fourth-order valence-electron chi connectivity index (χ4n) is 5.06. The number of nitrogens with zero attached hydrogens (tertiary/aromatic N) is 4. The number of hydrogen-bond acceptors (Lipinski definition) is 5. The van der Waals surface area contributed by atoms with E-state index in [-0.39, 0.29) is 23.4 Å². The lowest BCUT2D eigenvalue weighted by Crippen LogP contribution is -2.50. The molecule has 7 nitrogen and oxygen atoms in total. The molecule has 1 aromatic carbocycles. The Morgan fingerprint density at radius 3 is 2.67 bits per heavy atom. The summed E-state index contributed by atoms with van der Waals surface area (Å²) in [5, 5.41) is 3.22. The lowest BCUT2D eigenvalue weighted by molar-refractivity contribution is -0.124. The van der Waals surface area contributed by atoms with Gasteiger partial charge >= 0.3 is 0 Å². The van der Waals surface area contributed by atoms with E-state index in [1.54, 1.807) is 11.9 Å². The van der Waals surface area contributed by atoms with E-state index < -0.39 is 0 Å². The number of nitrogens with one attached hydrogen (secondary N) is 1. The first-order valence-corrected chi connectivity index (χ1v) is 12.0. The van der Waals surface area contributed by atoms with Crippen LogP contribution in [0.2, 0.25) is 0 Å². The van der Waals surface area contributed by atoms with Crippen LogP contribution in [-0.4, -0.2) is 52.4 Å². The molecule has 1 fully saturated rings. The normalized spacial score (nSPS) is 19.3. The number of amides is 2. The standard InChI is InChI=1S/C26H35N5O2/c1-18-20-13-14-23(33)30(4)25(20)28-24(27-18)21-12-8-9-15-31(21)17-22(32)29-26(2,3)16-19-10-6-5-7-11-19/h5-7,10-11,21H,8-9,12-17H2,1-4H3,(H,29,32). The molecule has 33 heavy (non-hydrogen) atoms. The van der Waals surface area contributed by atoms with Crippen molar-refractivity contribution >= 4 is 17.6 Å². The molecule has 7 heteroatoms. The second-order valence-electron chi connectivity index (χ2n) is 10.00. The van der Waals surface area contributed by atoms with Gasteiger partial charge in [0, 0.05) is 30.3 Å². The highest BCUT2D eigenvalue weighted by atomic mass is 16.2. The van der Waals surface area contributed by atoms with Gasteiger partial charge in [0.2, 0.25) is 11.8 Å². The van der Waals surface area contributed by atoms with Gasteiger partial charge in [-0.05, 0) is 58.6 Å². The minimum Gasteiger partial charge on any atom is -0.350 e.